The van der Waals surface area contributed by atoms with E-state index in [1.54, 1.807) is 4.90 Å². The summed E-state index contributed by atoms with van der Waals surface area (Å²) in [6, 6.07) is 7.75. The zero-order valence-corrected chi connectivity index (χ0v) is 10.5. The van der Waals surface area contributed by atoms with E-state index in [4.69, 9.17) is 5.26 Å². The molecular weight excluding hydrogens is 268 g/mol. The van der Waals surface area contributed by atoms with Crippen LogP contribution in [0.3, 0.4) is 0 Å². The highest BCUT2D eigenvalue weighted by Gasteiger charge is 2.31. The smallest absolute Gasteiger partial charge is 0.240 e. The molecule has 1 amide bonds. The van der Waals surface area contributed by atoms with Crippen molar-refractivity contribution in [2.24, 2.45) is 0 Å². The Morgan fingerprint density at radius 3 is 2.88 bits per heavy atom. The Kier molecular flexibility index (Phi) is 2.97. The van der Waals surface area contributed by atoms with Crippen LogP contribution in [0.1, 0.15) is 17.5 Å². The van der Waals surface area contributed by atoms with Gasteiger partial charge < -0.3 is 4.90 Å². The number of alkyl halides is 1. The van der Waals surface area contributed by atoms with Gasteiger partial charge in [-0.3, -0.25) is 4.79 Å². The van der Waals surface area contributed by atoms with Gasteiger partial charge in [0.2, 0.25) is 5.91 Å². The minimum Gasteiger partial charge on any atom is -0.310 e. The molecule has 1 heterocycles. The Labute approximate surface area is 103 Å². The lowest BCUT2D eigenvalue weighted by Gasteiger charge is -2.18. The SMILES string of the molecule is Cc1cccc(N2CCC(Br)C2=O)c1C#N. The van der Waals surface area contributed by atoms with Crippen LogP contribution < -0.4 is 4.90 Å². The van der Waals surface area contributed by atoms with E-state index < -0.39 is 0 Å². The van der Waals surface area contributed by atoms with Gasteiger partial charge in [-0.25, -0.2) is 0 Å². The number of halogens is 1. The number of hydrogen-bond acceptors (Lipinski definition) is 2. The molecule has 0 N–H and O–H groups in total. The van der Waals surface area contributed by atoms with Gasteiger partial charge in [-0.05, 0) is 25.0 Å². The largest absolute Gasteiger partial charge is 0.310 e. The van der Waals surface area contributed by atoms with Crippen LogP contribution in [0.25, 0.3) is 0 Å². The van der Waals surface area contributed by atoms with Crippen LogP contribution in [0, 0.1) is 18.3 Å². The molecule has 1 unspecified atom stereocenters. The van der Waals surface area contributed by atoms with Crippen molar-refractivity contribution >= 4 is 27.5 Å². The first-order chi connectivity index (χ1) is 7.65. The second-order valence-corrected chi connectivity index (χ2v) is 4.93. The Bertz CT molecular complexity index is 478. The minimum absolute atomic E-state index is 0.0436. The molecule has 1 saturated heterocycles. The number of aryl methyl sites for hydroxylation is 1. The fourth-order valence-electron chi connectivity index (χ4n) is 1.91. The zero-order valence-electron chi connectivity index (χ0n) is 8.90. The third-order valence-electron chi connectivity index (χ3n) is 2.79. The third-order valence-corrected chi connectivity index (χ3v) is 3.64. The van der Waals surface area contributed by atoms with E-state index in [1.807, 2.05) is 25.1 Å². The molecule has 1 aliphatic rings. The molecule has 1 aromatic rings. The summed E-state index contributed by atoms with van der Waals surface area (Å²) in [5.41, 5.74) is 2.23. The van der Waals surface area contributed by atoms with Crippen LogP contribution in [0.5, 0.6) is 0 Å². The average molecular weight is 279 g/mol. The predicted octanol–water partition coefficient (Wildman–Crippen LogP) is 2.37. The van der Waals surface area contributed by atoms with Gasteiger partial charge in [0.1, 0.15) is 6.07 Å². The zero-order chi connectivity index (χ0) is 11.7. The van der Waals surface area contributed by atoms with Crippen LogP contribution in [-0.2, 0) is 4.79 Å². The maximum atomic E-state index is 11.9. The molecule has 0 aromatic heterocycles. The number of anilines is 1. The third kappa shape index (κ3) is 1.72. The quantitative estimate of drug-likeness (QED) is 0.741. The number of nitriles is 1. The molecule has 0 radical (unpaired) electrons. The first-order valence-electron chi connectivity index (χ1n) is 5.10. The van der Waals surface area contributed by atoms with Gasteiger partial charge >= 0.3 is 0 Å². The van der Waals surface area contributed by atoms with E-state index in [0.717, 1.165) is 17.7 Å². The van der Waals surface area contributed by atoms with E-state index in [-0.39, 0.29) is 10.7 Å². The van der Waals surface area contributed by atoms with Gasteiger partial charge in [-0.2, -0.15) is 5.26 Å². The summed E-state index contributed by atoms with van der Waals surface area (Å²) in [4.78, 5) is 13.4. The van der Waals surface area contributed by atoms with E-state index in [1.165, 1.54) is 0 Å². The number of benzene rings is 1. The lowest BCUT2D eigenvalue weighted by atomic mass is 10.1. The number of carbonyl (C=O) groups is 1. The molecule has 3 nitrogen and oxygen atoms in total. The summed E-state index contributed by atoms with van der Waals surface area (Å²) < 4.78 is 0. The normalized spacial score (nSPS) is 19.9. The van der Waals surface area contributed by atoms with Gasteiger partial charge in [0.05, 0.1) is 16.1 Å². The summed E-state index contributed by atoms with van der Waals surface area (Å²) in [7, 11) is 0. The van der Waals surface area contributed by atoms with Gasteiger partial charge in [-0.15, -0.1) is 0 Å². The highest BCUT2D eigenvalue weighted by molar-refractivity contribution is 9.10. The molecule has 0 saturated carbocycles. The Morgan fingerprint density at radius 2 is 2.31 bits per heavy atom. The number of nitrogens with zero attached hydrogens (tertiary/aromatic N) is 2. The van der Waals surface area contributed by atoms with Crippen molar-refractivity contribution in [1.82, 2.24) is 0 Å². The van der Waals surface area contributed by atoms with Crippen LogP contribution in [0.4, 0.5) is 5.69 Å². The summed E-state index contributed by atoms with van der Waals surface area (Å²) in [5.74, 6) is 0.0436. The summed E-state index contributed by atoms with van der Waals surface area (Å²) in [6.45, 7) is 2.56. The van der Waals surface area contributed by atoms with E-state index in [0.29, 0.717) is 12.1 Å². The van der Waals surface area contributed by atoms with Crippen molar-refractivity contribution in [2.75, 3.05) is 11.4 Å². The highest BCUT2D eigenvalue weighted by Crippen LogP contribution is 2.29. The second kappa shape index (κ2) is 4.26. The average Bonchev–Trinajstić information content (AvgIpc) is 2.59. The maximum Gasteiger partial charge on any atom is 0.240 e. The van der Waals surface area contributed by atoms with Gasteiger partial charge in [0, 0.05) is 6.54 Å². The van der Waals surface area contributed by atoms with Crippen molar-refractivity contribution in [1.29, 1.82) is 5.26 Å². The molecule has 16 heavy (non-hydrogen) atoms. The molecule has 82 valence electrons. The van der Waals surface area contributed by atoms with Gasteiger partial charge in [-0.1, -0.05) is 28.1 Å². The minimum atomic E-state index is -0.112. The second-order valence-electron chi connectivity index (χ2n) is 3.83. The summed E-state index contributed by atoms with van der Waals surface area (Å²) in [6.07, 6.45) is 0.789. The lowest BCUT2D eigenvalue weighted by molar-refractivity contribution is -0.116. The summed E-state index contributed by atoms with van der Waals surface area (Å²) >= 11 is 3.33. The van der Waals surface area contributed by atoms with E-state index in [9.17, 15) is 4.79 Å². The molecule has 1 aliphatic heterocycles. The molecule has 1 aromatic carbocycles. The number of amides is 1. The summed E-state index contributed by atoms with van der Waals surface area (Å²) in [5, 5.41) is 9.11. The Hall–Kier alpha value is -1.34. The lowest BCUT2D eigenvalue weighted by Crippen LogP contribution is -2.27. The molecular formula is C12H11BrN2O. The first-order valence-corrected chi connectivity index (χ1v) is 6.02. The van der Waals surface area contributed by atoms with Crippen LogP contribution >= 0.6 is 15.9 Å². The van der Waals surface area contributed by atoms with Crippen molar-refractivity contribution in [3.8, 4) is 6.07 Å². The van der Waals surface area contributed by atoms with E-state index >= 15 is 0 Å². The standard InChI is InChI=1S/C12H11BrN2O/c1-8-3-2-4-11(9(8)7-14)15-6-5-10(13)12(15)16/h2-4,10H,5-6H2,1H3. The van der Waals surface area contributed by atoms with Crippen molar-refractivity contribution < 1.29 is 4.79 Å². The molecule has 0 spiro atoms. The van der Waals surface area contributed by atoms with E-state index in [2.05, 4.69) is 22.0 Å². The van der Waals surface area contributed by atoms with Crippen LogP contribution in [0.2, 0.25) is 0 Å². The number of carbonyl (C=O) groups excluding carboxylic acids is 1. The molecule has 4 heteroatoms. The number of hydrogen-bond donors (Lipinski definition) is 0. The molecule has 1 atom stereocenters. The number of rotatable bonds is 1. The van der Waals surface area contributed by atoms with Gasteiger partial charge in [0.25, 0.3) is 0 Å². The first kappa shape index (κ1) is 11.2. The molecule has 0 aliphatic carbocycles. The van der Waals surface area contributed by atoms with Crippen molar-refractivity contribution in [3.63, 3.8) is 0 Å². The monoisotopic (exact) mass is 278 g/mol. The predicted molar refractivity (Wildman–Crippen MR) is 65.6 cm³/mol. The molecule has 0 bridgehead atoms. The maximum absolute atomic E-state index is 11.9. The fourth-order valence-corrected chi connectivity index (χ4v) is 2.36. The molecule has 2 rings (SSSR count). The van der Waals surface area contributed by atoms with Crippen LogP contribution in [0.15, 0.2) is 18.2 Å². The van der Waals surface area contributed by atoms with Crippen molar-refractivity contribution in [2.45, 2.75) is 18.2 Å². The molecule has 1 fully saturated rings. The van der Waals surface area contributed by atoms with Gasteiger partial charge in [0.15, 0.2) is 0 Å². The Balaban J connectivity index is 2.46. The fraction of sp³-hybridized carbons (Fsp3) is 0.333. The Morgan fingerprint density at radius 1 is 1.56 bits per heavy atom. The van der Waals surface area contributed by atoms with Crippen LogP contribution in [-0.4, -0.2) is 17.3 Å². The van der Waals surface area contributed by atoms with Crippen molar-refractivity contribution in [3.05, 3.63) is 29.3 Å². The highest BCUT2D eigenvalue weighted by atomic mass is 79.9. The topological polar surface area (TPSA) is 44.1 Å².